The quantitative estimate of drug-likeness (QED) is 0.341. The van der Waals surface area contributed by atoms with Crippen LogP contribution < -0.4 is 11.1 Å². The molecule has 0 aliphatic heterocycles. The third-order valence-corrected chi connectivity index (χ3v) is 8.51. The zero-order valence-corrected chi connectivity index (χ0v) is 17.3. The van der Waals surface area contributed by atoms with Crippen molar-refractivity contribution in [1.82, 2.24) is 5.32 Å². The molecule has 4 bridgehead atoms. The van der Waals surface area contributed by atoms with E-state index >= 15 is 0 Å². The van der Waals surface area contributed by atoms with Crippen LogP contribution in [0, 0.1) is 34.6 Å². The Bertz CT molecular complexity index is 882. The number of nitriles is 1. The first-order chi connectivity index (χ1) is 14.0. The van der Waals surface area contributed by atoms with Gasteiger partial charge in [-0.25, -0.2) is 0 Å². The Morgan fingerprint density at radius 3 is 2.34 bits per heavy atom. The van der Waals surface area contributed by atoms with Crippen LogP contribution in [-0.2, 0) is 10.2 Å². The molecule has 6 heteroatoms. The average molecular weight is 411 g/mol. The van der Waals surface area contributed by atoms with E-state index in [1.54, 1.807) is 0 Å². The molecule has 2 atom stereocenters. The van der Waals surface area contributed by atoms with Gasteiger partial charge in [-0.1, -0.05) is 30.2 Å². The van der Waals surface area contributed by atoms with Crippen molar-refractivity contribution < 1.29 is 4.79 Å². The number of nitrogens with one attached hydrogen (secondary N) is 1. The van der Waals surface area contributed by atoms with Gasteiger partial charge in [0.15, 0.2) is 6.19 Å². The van der Waals surface area contributed by atoms with Gasteiger partial charge in [-0.15, -0.1) is 0 Å². The number of primary amides is 1. The number of benzene rings is 1. The topological polar surface area (TPSA) is 91.3 Å². The Hall–Kier alpha value is -2.06. The molecule has 0 saturated heterocycles. The van der Waals surface area contributed by atoms with E-state index in [4.69, 9.17) is 22.3 Å². The van der Waals surface area contributed by atoms with Crippen LogP contribution in [-0.4, -0.2) is 17.8 Å². The fourth-order valence-electron chi connectivity index (χ4n) is 6.95. The van der Waals surface area contributed by atoms with E-state index in [0.29, 0.717) is 22.8 Å². The number of carbonyl (C=O) groups excluding carboxylic acids is 1. The van der Waals surface area contributed by atoms with Crippen LogP contribution in [0.15, 0.2) is 29.3 Å². The van der Waals surface area contributed by atoms with Crippen LogP contribution in [0.25, 0.3) is 0 Å². The van der Waals surface area contributed by atoms with Gasteiger partial charge in [-0.2, -0.15) is 5.26 Å². The van der Waals surface area contributed by atoms with Crippen LogP contribution in [0.5, 0.6) is 0 Å². The standard InChI is InChI=1S/C23H27ClN4O/c24-18-4-2-17(3-5-18)23(6-1-7-23)21(27-13-25)28-19-15-8-14-9-16(19)12-22(10-14,11-15)20(26)29/h2-5,14-16,19H,1,6-12H2,(H2,26,29)(H,27,28). The second-order valence-corrected chi connectivity index (χ2v) is 10.2. The SMILES string of the molecule is N#CNC(=NC1C2CC3CC1CC(C(N)=O)(C3)C2)C1(c2ccc(Cl)cc2)CCC1. The number of amides is 1. The summed E-state index contributed by atoms with van der Waals surface area (Å²) >= 11 is 6.10. The van der Waals surface area contributed by atoms with E-state index in [0.717, 1.165) is 57.2 Å². The van der Waals surface area contributed by atoms with Crippen molar-refractivity contribution in [2.75, 3.05) is 0 Å². The summed E-state index contributed by atoms with van der Waals surface area (Å²) in [5.41, 5.74) is 6.47. The van der Waals surface area contributed by atoms with Crippen LogP contribution in [0.4, 0.5) is 0 Å². The normalized spacial score (nSPS) is 36.9. The van der Waals surface area contributed by atoms with Crippen molar-refractivity contribution in [3.63, 3.8) is 0 Å². The van der Waals surface area contributed by atoms with Gasteiger partial charge in [0.25, 0.3) is 0 Å². The molecule has 5 saturated carbocycles. The fraction of sp³-hybridized carbons (Fsp3) is 0.609. The summed E-state index contributed by atoms with van der Waals surface area (Å²) in [7, 11) is 0. The van der Waals surface area contributed by atoms with Crippen molar-refractivity contribution in [2.45, 2.75) is 62.8 Å². The van der Waals surface area contributed by atoms with Crippen LogP contribution >= 0.6 is 11.6 Å². The van der Waals surface area contributed by atoms with Crippen molar-refractivity contribution in [2.24, 2.45) is 33.9 Å². The first-order valence-electron chi connectivity index (χ1n) is 10.8. The number of amidine groups is 1. The number of rotatable bonds is 4. The Morgan fingerprint density at radius 2 is 1.83 bits per heavy atom. The Morgan fingerprint density at radius 1 is 1.17 bits per heavy atom. The summed E-state index contributed by atoms with van der Waals surface area (Å²) in [5.74, 6) is 2.08. The van der Waals surface area contributed by atoms with Gasteiger partial charge >= 0.3 is 0 Å². The van der Waals surface area contributed by atoms with Gasteiger partial charge in [-0.3, -0.25) is 15.1 Å². The molecule has 152 valence electrons. The number of hydrogen-bond acceptors (Lipinski definition) is 3. The van der Waals surface area contributed by atoms with Gasteiger partial charge in [0.2, 0.25) is 5.91 Å². The second kappa shape index (κ2) is 6.74. The number of hydrogen-bond donors (Lipinski definition) is 2. The van der Waals surface area contributed by atoms with Crippen molar-refractivity contribution in [1.29, 1.82) is 5.26 Å². The Labute approximate surface area is 176 Å². The number of nitrogens with two attached hydrogens (primary N) is 1. The predicted molar refractivity (Wildman–Crippen MR) is 112 cm³/mol. The van der Waals surface area contributed by atoms with Crippen molar-refractivity contribution >= 4 is 23.3 Å². The number of nitrogens with zero attached hydrogens (tertiary/aromatic N) is 2. The Balaban J connectivity index is 1.50. The molecule has 5 aliphatic rings. The minimum Gasteiger partial charge on any atom is -0.369 e. The minimum atomic E-state index is -0.310. The maximum atomic E-state index is 12.2. The summed E-state index contributed by atoms with van der Waals surface area (Å²) in [4.78, 5) is 17.5. The maximum Gasteiger partial charge on any atom is 0.223 e. The van der Waals surface area contributed by atoms with Crippen molar-refractivity contribution in [3.05, 3.63) is 34.9 Å². The summed E-state index contributed by atoms with van der Waals surface area (Å²) < 4.78 is 0. The highest BCUT2D eigenvalue weighted by Crippen LogP contribution is 2.61. The summed E-state index contributed by atoms with van der Waals surface area (Å²) in [6.07, 6.45) is 10.2. The average Bonchev–Trinajstić information content (AvgIpc) is 2.64. The van der Waals surface area contributed by atoms with Gasteiger partial charge < -0.3 is 5.73 Å². The molecule has 29 heavy (non-hydrogen) atoms. The van der Waals surface area contributed by atoms with E-state index in [-0.39, 0.29) is 22.8 Å². The lowest BCUT2D eigenvalue weighted by Crippen LogP contribution is -2.58. The highest BCUT2D eigenvalue weighted by Gasteiger charge is 2.58. The summed E-state index contributed by atoms with van der Waals surface area (Å²) in [6, 6.07) is 8.14. The third kappa shape index (κ3) is 2.87. The summed E-state index contributed by atoms with van der Waals surface area (Å²) in [5, 5.41) is 13.2. The van der Waals surface area contributed by atoms with E-state index in [2.05, 4.69) is 23.6 Å². The van der Waals surface area contributed by atoms with E-state index in [1.807, 2.05) is 12.1 Å². The van der Waals surface area contributed by atoms with Crippen LogP contribution in [0.1, 0.15) is 56.9 Å². The molecule has 0 spiro atoms. The fourth-order valence-corrected chi connectivity index (χ4v) is 7.07. The molecule has 1 aromatic carbocycles. The lowest BCUT2D eigenvalue weighted by atomic mass is 9.47. The molecular formula is C23H27ClN4O. The maximum absolute atomic E-state index is 12.2. The van der Waals surface area contributed by atoms with Gasteiger partial charge in [0.1, 0.15) is 5.84 Å². The largest absolute Gasteiger partial charge is 0.369 e. The first-order valence-corrected chi connectivity index (χ1v) is 11.1. The molecule has 1 amide bonds. The smallest absolute Gasteiger partial charge is 0.223 e. The highest BCUT2D eigenvalue weighted by atomic mass is 35.5. The predicted octanol–water partition coefficient (Wildman–Crippen LogP) is 3.91. The van der Waals surface area contributed by atoms with Gasteiger partial charge in [0.05, 0.1) is 11.5 Å². The molecule has 6 rings (SSSR count). The van der Waals surface area contributed by atoms with Crippen LogP contribution in [0.2, 0.25) is 5.02 Å². The monoisotopic (exact) mass is 410 g/mol. The number of halogens is 1. The molecule has 0 radical (unpaired) electrons. The molecule has 0 aromatic heterocycles. The molecule has 5 aliphatic carbocycles. The first kappa shape index (κ1) is 18.9. The lowest BCUT2D eigenvalue weighted by molar-refractivity contribution is -0.144. The molecular weight excluding hydrogens is 384 g/mol. The molecule has 2 unspecified atom stereocenters. The Kier molecular flexibility index (Phi) is 4.40. The minimum absolute atomic E-state index is 0.119. The molecule has 0 heterocycles. The van der Waals surface area contributed by atoms with Crippen molar-refractivity contribution in [3.8, 4) is 6.19 Å². The summed E-state index contributed by atoms with van der Waals surface area (Å²) in [6.45, 7) is 0. The lowest BCUT2D eigenvalue weighted by Gasteiger charge is -2.58. The highest BCUT2D eigenvalue weighted by molar-refractivity contribution is 6.30. The third-order valence-electron chi connectivity index (χ3n) is 8.26. The van der Waals surface area contributed by atoms with Gasteiger partial charge in [-0.05, 0) is 80.4 Å². The second-order valence-electron chi connectivity index (χ2n) is 9.76. The number of carbonyl (C=O) groups is 1. The molecule has 5 fully saturated rings. The number of aliphatic imine (C=N–C) groups is 1. The van der Waals surface area contributed by atoms with E-state index in [9.17, 15) is 10.1 Å². The van der Waals surface area contributed by atoms with Crippen LogP contribution in [0.3, 0.4) is 0 Å². The molecule has 5 nitrogen and oxygen atoms in total. The van der Waals surface area contributed by atoms with Gasteiger partial charge in [0, 0.05) is 10.4 Å². The van der Waals surface area contributed by atoms with E-state index in [1.165, 1.54) is 5.56 Å². The zero-order valence-electron chi connectivity index (χ0n) is 16.5. The van der Waals surface area contributed by atoms with E-state index < -0.39 is 0 Å². The molecule has 1 aromatic rings. The molecule has 3 N–H and O–H groups in total. The zero-order chi connectivity index (χ0) is 20.2.